The molecule has 0 radical (unpaired) electrons. The smallest absolute Gasteiger partial charge is 0.343 e. The first-order valence-electron chi connectivity index (χ1n) is 9.86. The minimum absolute atomic E-state index is 0.0805. The number of carboxylic acid groups (broad SMARTS) is 1. The van der Waals surface area contributed by atoms with Crippen LogP contribution in [0.1, 0.15) is 23.3 Å². The van der Waals surface area contributed by atoms with Crippen LogP contribution in [0.25, 0.3) is 10.9 Å². The third-order valence-corrected chi connectivity index (χ3v) is 6.32. The number of aryl methyl sites for hydroxylation is 1. The summed E-state index contributed by atoms with van der Waals surface area (Å²) in [6.07, 6.45) is 0.760. The molecule has 12 heteroatoms. The Balaban J connectivity index is 1.69. The molecule has 2 aromatic rings. The van der Waals surface area contributed by atoms with Crippen LogP contribution in [0, 0.1) is 0 Å². The molecule has 0 spiro atoms. The minimum atomic E-state index is -2.52. The number of carboxylic acids is 1. The van der Waals surface area contributed by atoms with Gasteiger partial charge in [-0.05, 0) is 25.0 Å². The van der Waals surface area contributed by atoms with Gasteiger partial charge in [0.1, 0.15) is 5.69 Å². The fraction of sp³-hybridized carbons (Fsp3) is 0.350. The molecule has 3 heterocycles. The number of hydrogen-bond donors (Lipinski definition) is 4. The highest BCUT2D eigenvalue weighted by molar-refractivity contribution is 6.18. The number of nitrogens with zero attached hydrogens (tertiary/aromatic N) is 3. The number of nitrogens with one attached hydrogen (secondary N) is 1. The number of amides is 3. The van der Waals surface area contributed by atoms with Gasteiger partial charge in [-0.25, -0.2) is 9.59 Å². The third kappa shape index (κ3) is 2.66. The Kier molecular flexibility index (Phi) is 4.79. The van der Waals surface area contributed by atoms with Crippen LogP contribution >= 0.6 is 0 Å². The van der Waals surface area contributed by atoms with E-state index < -0.39 is 40.9 Å². The van der Waals surface area contributed by atoms with Gasteiger partial charge in [0.2, 0.25) is 11.2 Å². The van der Waals surface area contributed by atoms with Crippen molar-refractivity contribution in [2.24, 2.45) is 18.5 Å². The quantitative estimate of drug-likeness (QED) is 0.248. The number of aldehydes is 1. The van der Waals surface area contributed by atoms with E-state index in [9.17, 15) is 29.1 Å². The van der Waals surface area contributed by atoms with Crippen LogP contribution < -0.4 is 16.9 Å². The molecule has 1 aromatic carbocycles. The molecule has 12 nitrogen and oxygen atoms in total. The number of fused-ring (bicyclic) bond motifs is 1. The lowest BCUT2D eigenvalue weighted by molar-refractivity contribution is -0.143. The summed E-state index contributed by atoms with van der Waals surface area (Å²) in [7, 11) is 1.73. The molecule has 4 rings (SSSR count). The zero-order chi connectivity index (χ0) is 23.4. The number of Topliss-reactive ketones (excluding diaryl/α,β-unsaturated/α-hetero) is 1. The molecule has 1 aromatic heterocycles. The second kappa shape index (κ2) is 7.14. The fourth-order valence-corrected chi connectivity index (χ4v) is 4.62. The number of rotatable bonds is 6. The summed E-state index contributed by atoms with van der Waals surface area (Å²) < 4.78 is 1.70. The number of benzene rings is 1. The maximum absolute atomic E-state index is 13.5. The van der Waals surface area contributed by atoms with Crippen molar-refractivity contribution < 1.29 is 29.1 Å². The Hall–Kier alpha value is -3.77. The van der Waals surface area contributed by atoms with Crippen molar-refractivity contribution in [3.8, 4) is 0 Å². The fourth-order valence-electron chi connectivity index (χ4n) is 4.62. The van der Waals surface area contributed by atoms with E-state index >= 15 is 0 Å². The van der Waals surface area contributed by atoms with E-state index in [1.54, 1.807) is 17.7 Å². The number of urea groups is 1. The molecule has 168 valence electrons. The number of ketones is 1. The molecule has 3 amide bonds. The second-order valence-corrected chi connectivity index (χ2v) is 7.94. The van der Waals surface area contributed by atoms with Crippen molar-refractivity contribution in [3.63, 3.8) is 0 Å². The third-order valence-electron chi connectivity index (χ3n) is 6.32. The minimum Gasteiger partial charge on any atom is -0.479 e. The molecule has 0 bridgehead atoms. The molecule has 4 atom stereocenters. The lowest BCUT2D eigenvalue weighted by Crippen LogP contribution is -2.54. The summed E-state index contributed by atoms with van der Waals surface area (Å²) in [5, 5.41) is 10.9. The number of carbonyl (C=O) groups is 5. The van der Waals surface area contributed by atoms with Crippen molar-refractivity contribution >= 4 is 40.9 Å². The standard InChI is InChI=1S/C20H22N6O6/c1-24-12-6-3-2-5-11(12)9-14(24)16(29)25-8-4-7-13(25)15(28)19(10-27)20(22,17(30)31)26(19)23-18(21)32/h2-3,5-6,9-10,13H,4,7-8,22H2,1H3,(H,30,31)(H3,21,23,32)/t13-,19-,20?,26?/m0/s1. The van der Waals surface area contributed by atoms with Crippen molar-refractivity contribution in [2.75, 3.05) is 6.54 Å². The van der Waals surface area contributed by atoms with E-state index in [4.69, 9.17) is 11.5 Å². The molecule has 0 aliphatic carbocycles. The van der Waals surface area contributed by atoms with Crippen LogP contribution in [0.4, 0.5) is 4.79 Å². The Labute approximate surface area is 181 Å². The number of para-hydroxylation sites is 1. The first-order chi connectivity index (χ1) is 15.1. The van der Waals surface area contributed by atoms with Crippen LogP contribution in [0.5, 0.6) is 0 Å². The number of hydrazine groups is 1. The first kappa shape index (κ1) is 21.5. The molecular weight excluding hydrogens is 420 g/mol. The Morgan fingerprint density at radius 1 is 1.25 bits per heavy atom. The van der Waals surface area contributed by atoms with Crippen LogP contribution in [0.15, 0.2) is 30.3 Å². The van der Waals surface area contributed by atoms with Gasteiger partial charge in [-0.1, -0.05) is 18.2 Å². The molecular formula is C20H22N6O6. The zero-order valence-corrected chi connectivity index (χ0v) is 17.1. The van der Waals surface area contributed by atoms with Gasteiger partial charge in [-0.15, -0.1) is 0 Å². The van der Waals surface area contributed by atoms with Gasteiger partial charge in [-0.3, -0.25) is 20.7 Å². The maximum Gasteiger partial charge on any atom is 0.343 e. The highest BCUT2D eigenvalue weighted by Gasteiger charge is 2.84. The number of carbonyl (C=O) groups excluding carboxylic acids is 4. The van der Waals surface area contributed by atoms with Gasteiger partial charge >= 0.3 is 12.0 Å². The van der Waals surface area contributed by atoms with Gasteiger partial charge in [0.15, 0.2) is 12.1 Å². The number of aliphatic carboxylic acids is 1. The summed E-state index contributed by atoms with van der Waals surface area (Å²) in [4.78, 5) is 63.3. The molecule has 2 saturated heterocycles. The number of hydrogen-bond acceptors (Lipinski definition) is 7. The molecule has 0 saturated carbocycles. The molecule has 6 N–H and O–H groups in total. The van der Waals surface area contributed by atoms with Gasteiger partial charge in [0, 0.05) is 24.5 Å². The van der Waals surface area contributed by atoms with Crippen molar-refractivity contribution in [1.82, 2.24) is 19.9 Å². The average molecular weight is 442 g/mol. The summed E-state index contributed by atoms with van der Waals surface area (Å²) >= 11 is 0. The summed E-state index contributed by atoms with van der Waals surface area (Å²) in [6.45, 7) is 0.236. The monoisotopic (exact) mass is 442 g/mol. The van der Waals surface area contributed by atoms with Crippen molar-refractivity contribution in [1.29, 1.82) is 0 Å². The van der Waals surface area contributed by atoms with Gasteiger partial charge in [-0.2, -0.15) is 5.01 Å². The predicted molar refractivity (Wildman–Crippen MR) is 110 cm³/mol. The SMILES string of the molecule is Cn1c(C(=O)N2CCC[C@H]2C(=O)[C@]2(C=O)N(NC(N)=O)C2(N)C(=O)O)cc2ccccc21. The van der Waals surface area contributed by atoms with Crippen LogP contribution in [0.2, 0.25) is 0 Å². The van der Waals surface area contributed by atoms with E-state index in [1.165, 1.54) is 4.90 Å². The molecule has 2 unspecified atom stereocenters. The van der Waals surface area contributed by atoms with Crippen molar-refractivity contribution in [3.05, 3.63) is 36.0 Å². The van der Waals surface area contributed by atoms with Gasteiger partial charge in [0.05, 0.1) is 6.04 Å². The van der Waals surface area contributed by atoms with E-state index in [0.29, 0.717) is 17.1 Å². The predicted octanol–water partition coefficient (Wildman–Crippen LogP) is -1.07. The highest BCUT2D eigenvalue weighted by atomic mass is 16.4. The van der Waals surface area contributed by atoms with Crippen molar-refractivity contribution in [2.45, 2.75) is 30.1 Å². The van der Waals surface area contributed by atoms with Crippen LogP contribution in [-0.4, -0.2) is 73.3 Å². The number of primary amides is 1. The van der Waals surface area contributed by atoms with E-state index in [2.05, 4.69) is 0 Å². The number of nitrogens with two attached hydrogens (primary N) is 2. The Morgan fingerprint density at radius 2 is 1.94 bits per heavy atom. The Morgan fingerprint density at radius 3 is 2.53 bits per heavy atom. The summed E-state index contributed by atoms with van der Waals surface area (Å²) in [6, 6.07) is 6.80. The topological polar surface area (TPSA) is 181 Å². The van der Waals surface area contributed by atoms with Gasteiger partial charge in [0.25, 0.3) is 5.91 Å². The van der Waals surface area contributed by atoms with E-state index in [0.717, 1.165) is 10.9 Å². The largest absolute Gasteiger partial charge is 0.479 e. The Bertz CT molecular complexity index is 1180. The summed E-state index contributed by atoms with van der Waals surface area (Å²) in [5.41, 5.74) is 9.10. The van der Waals surface area contributed by atoms with E-state index in [-0.39, 0.29) is 19.3 Å². The zero-order valence-electron chi connectivity index (χ0n) is 17.1. The second-order valence-electron chi connectivity index (χ2n) is 7.94. The van der Waals surface area contributed by atoms with Gasteiger partial charge < -0.3 is 25.1 Å². The molecule has 32 heavy (non-hydrogen) atoms. The van der Waals surface area contributed by atoms with Crippen LogP contribution in [0.3, 0.4) is 0 Å². The van der Waals surface area contributed by atoms with E-state index in [1.807, 2.05) is 29.7 Å². The number of aromatic nitrogens is 1. The highest BCUT2D eigenvalue weighted by Crippen LogP contribution is 2.47. The van der Waals surface area contributed by atoms with Crippen LogP contribution in [-0.2, 0) is 21.4 Å². The average Bonchev–Trinajstić information content (AvgIpc) is 3.12. The normalized spacial score (nSPS) is 29.0. The lowest BCUT2D eigenvalue weighted by atomic mass is 9.90. The molecule has 2 aliphatic rings. The summed E-state index contributed by atoms with van der Waals surface area (Å²) in [5.74, 6) is -3.03. The molecule has 2 fully saturated rings. The number of likely N-dealkylation sites (tertiary alicyclic amines) is 1. The molecule has 2 aliphatic heterocycles. The lowest BCUT2D eigenvalue weighted by Gasteiger charge is -2.26. The first-order valence-corrected chi connectivity index (χ1v) is 9.86. The maximum atomic E-state index is 13.5.